The number of ether oxygens (including phenoxy) is 1. The fourth-order valence-corrected chi connectivity index (χ4v) is 2.32. The Hall–Kier alpha value is -1.39. The third-order valence-corrected chi connectivity index (χ3v) is 3.45. The molecule has 1 amide bonds. The van der Waals surface area contributed by atoms with E-state index < -0.39 is 0 Å². The number of anilines is 1. The molecule has 1 aromatic carbocycles. The minimum Gasteiger partial charge on any atom is -0.374 e. The van der Waals surface area contributed by atoms with Crippen LogP contribution in [0.15, 0.2) is 24.3 Å². The predicted molar refractivity (Wildman–Crippen MR) is 80.6 cm³/mol. The maximum atomic E-state index is 12.2. The smallest absolute Gasteiger partial charge is 0.228 e. The maximum Gasteiger partial charge on any atom is 0.228 e. The summed E-state index contributed by atoms with van der Waals surface area (Å²) in [6, 6.07) is 7.87. The summed E-state index contributed by atoms with van der Waals surface area (Å²) >= 11 is 0. The highest BCUT2D eigenvalue weighted by atomic mass is 16.5. The molecular weight excluding hydrogens is 252 g/mol. The number of nitrogens with one attached hydrogen (secondary N) is 2. The Balaban J connectivity index is 1.91. The van der Waals surface area contributed by atoms with Crippen LogP contribution in [0.25, 0.3) is 0 Å². The monoisotopic (exact) mass is 276 g/mol. The number of carbonyl (C=O) groups is 1. The molecule has 1 aromatic rings. The van der Waals surface area contributed by atoms with Gasteiger partial charge in [0.15, 0.2) is 0 Å². The highest BCUT2D eigenvalue weighted by Gasteiger charge is 2.20. The number of carbonyl (C=O) groups excluding carboxylic acids is 1. The van der Waals surface area contributed by atoms with E-state index in [9.17, 15) is 4.79 Å². The molecule has 4 heteroatoms. The lowest BCUT2D eigenvalue weighted by atomic mass is 9.99. The van der Waals surface area contributed by atoms with Crippen LogP contribution >= 0.6 is 0 Å². The molecule has 0 spiro atoms. The molecule has 1 heterocycles. The highest BCUT2D eigenvalue weighted by molar-refractivity contribution is 5.92. The summed E-state index contributed by atoms with van der Waals surface area (Å²) in [6.07, 6.45) is 2.25. The largest absolute Gasteiger partial charge is 0.374 e. The molecule has 0 aliphatic carbocycles. The van der Waals surface area contributed by atoms with Gasteiger partial charge in [-0.05, 0) is 50.9 Å². The van der Waals surface area contributed by atoms with Crippen molar-refractivity contribution in [2.45, 2.75) is 39.4 Å². The second kappa shape index (κ2) is 7.41. The number of piperidine rings is 1. The van der Waals surface area contributed by atoms with Crippen LogP contribution in [0.2, 0.25) is 0 Å². The van der Waals surface area contributed by atoms with E-state index in [4.69, 9.17) is 4.74 Å². The van der Waals surface area contributed by atoms with Crippen LogP contribution in [0.4, 0.5) is 5.69 Å². The van der Waals surface area contributed by atoms with E-state index in [2.05, 4.69) is 10.6 Å². The zero-order valence-corrected chi connectivity index (χ0v) is 12.3. The van der Waals surface area contributed by atoms with Gasteiger partial charge in [0.2, 0.25) is 5.91 Å². The van der Waals surface area contributed by atoms with Crippen LogP contribution in [0.5, 0.6) is 0 Å². The van der Waals surface area contributed by atoms with Crippen molar-refractivity contribution in [2.24, 2.45) is 5.92 Å². The van der Waals surface area contributed by atoms with E-state index in [1.54, 1.807) is 0 Å². The van der Waals surface area contributed by atoms with Crippen LogP contribution < -0.4 is 10.6 Å². The fourth-order valence-electron chi connectivity index (χ4n) is 2.32. The van der Waals surface area contributed by atoms with Crippen LogP contribution in [0.3, 0.4) is 0 Å². The summed E-state index contributed by atoms with van der Waals surface area (Å²) in [4.78, 5) is 12.2. The van der Waals surface area contributed by atoms with Gasteiger partial charge >= 0.3 is 0 Å². The standard InChI is InChI=1S/C16H24N2O2/c1-12(2)20-11-13-5-3-7-15(9-13)18-16(19)14-6-4-8-17-10-14/h3,5,7,9,12,14,17H,4,6,8,10-11H2,1-2H3,(H,18,19). The second-order valence-electron chi connectivity index (χ2n) is 5.59. The molecule has 0 saturated carbocycles. The van der Waals surface area contributed by atoms with Gasteiger partial charge in [0.25, 0.3) is 0 Å². The number of hydrogen-bond donors (Lipinski definition) is 2. The lowest BCUT2D eigenvalue weighted by Crippen LogP contribution is -2.37. The molecule has 1 aliphatic rings. The third kappa shape index (κ3) is 4.62. The average molecular weight is 276 g/mol. The van der Waals surface area contributed by atoms with Gasteiger partial charge in [-0.25, -0.2) is 0 Å². The number of rotatable bonds is 5. The van der Waals surface area contributed by atoms with Crippen LogP contribution in [-0.2, 0) is 16.1 Å². The molecule has 1 fully saturated rings. The van der Waals surface area contributed by atoms with Gasteiger partial charge in [-0.2, -0.15) is 0 Å². The Labute approximate surface area is 120 Å². The van der Waals surface area contributed by atoms with Gasteiger partial charge in [-0.15, -0.1) is 0 Å². The number of benzene rings is 1. The molecule has 1 atom stereocenters. The van der Waals surface area contributed by atoms with Gasteiger partial charge in [0.05, 0.1) is 18.6 Å². The first kappa shape index (κ1) is 15.0. The van der Waals surface area contributed by atoms with Crippen LogP contribution in [-0.4, -0.2) is 25.1 Å². The molecule has 1 aliphatic heterocycles. The van der Waals surface area contributed by atoms with Crippen molar-refractivity contribution in [1.82, 2.24) is 5.32 Å². The summed E-state index contributed by atoms with van der Waals surface area (Å²) in [5.41, 5.74) is 1.93. The molecule has 0 aromatic heterocycles. The minimum absolute atomic E-state index is 0.0827. The zero-order chi connectivity index (χ0) is 14.4. The van der Waals surface area contributed by atoms with Crippen molar-refractivity contribution >= 4 is 11.6 Å². The molecular formula is C16H24N2O2. The van der Waals surface area contributed by atoms with Gasteiger partial charge in [-0.1, -0.05) is 12.1 Å². The molecule has 0 bridgehead atoms. The van der Waals surface area contributed by atoms with E-state index >= 15 is 0 Å². The first-order valence-corrected chi connectivity index (χ1v) is 7.37. The van der Waals surface area contributed by atoms with E-state index in [1.807, 2.05) is 38.1 Å². The third-order valence-electron chi connectivity index (χ3n) is 3.45. The summed E-state index contributed by atoms with van der Waals surface area (Å²) < 4.78 is 5.58. The topological polar surface area (TPSA) is 50.4 Å². The lowest BCUT2D eigenvalue weighted by molar-refractivity contribution is -0.120. The van der Waals surface area contributed by atoms with Crippen LogP contribution in [0.1, 0.15) is 32.3 Å². The van der Waals surface area contributed by atoms with Gasteiger partial charge in [-0.3, -0.25) is 4.79 Å². The maximum absolute atomic E-state index is 12.2. The summed E-state index contributed by atoms with van der Waals surface area (Å²) in [7, 11) is 0. The molecule has 20 heavy (non-hydrogen) atoms. The van der Waals surface area contributed by atoms with Crippen LogP contribution in [0, 0.1) is 5.92 Å². The zero-order valence-electron chi connectivity index (χ0n) is 12.3. The lowest BCUT2D eigenvalue weighted by Gasteiger charge is -2.22. The quantitative estimate of drug-likeness (QED) is 0.869. The first-order chi connectivity index (χ1) is 9.65. The Morgan fingerprint density at radius 1 is 1.50 bits per heavy atom. The van der Waals surface area contributed by atoms with Crippen molar-refractivity contribution in [3.05, 3.63) is 29.8 Å². The Kier molecular flexibility index (Phi) is 5.56. The molecule has 1 unspecified atom stereocenters. The highest BCUT2D eigenvalue weighted by Crippen LogP contribution is 2.16. The fraction of sp³-hybridized carbons (Fsp3) is 0.562. The van der Waals surface area contributed by atoms with E-state index in [1.165, 1.54) is 0 Å². The second-order valence-corrected chi connectivity index (χ2v) is 5.59. The summed E-state index contributed by atoms with van der Waals surface area (Å²) in [5, 5.41) is 6.27. The average Bonchev–Trinajstić information content (AvgIpc) is 2.46. The number of amides is 1. The van der Waals surface area contributed by atoms with E-state index in [0.717, 1.165) is 37.2 Å². The predicted octanol–water partition coefficient (Wildman–Crippen LogP) is 2.55. The molecule has 2 rings (SSSR count). The van der Waals surface area contributed by atoms with Crippen molar-refractivity contribution in [2.75, 3.05) is 18.4 Å². The van der Waals surface area contributed by atoms with Crippen molar-refractivity contribution in [3.63, 3.8) is 0 Å². The Morgan fingerprint density at radius 3 is 3.05 bits per heavy atom. The molecule has 0 radical (unpaired) electrons. The molecule has 1 saturated heterocycles. The van der Waals surface area contributed by atoms with E-state index in [0.29, 0.717) is 6.61 Å². The number of hydrogen-bond acceptors (Lipinski definition) is 3. The van der Waals surface area contributed by atoms with Crippen molar-refractivity contribution in [3.8, 4) is 0 Å². The summed E-state index contributed by atoms with van der Waals surface area (Å²) in [5.74, 6) is 0.193. The van der Waals surface area contributed by atoms with Crippen molar-refractivity contribution < 1.29 is 9.53 Å². The molecule has 110 valence electrons. The first-order valence-electron chi connectivity index (χ1n) is 7.37. The molecule has 4 nitrogen and oxygen atoms in total. The summed E-state index contributed by atoms with van der Waals surface area (Å²) in [6.45, 7) is 6.41. The van der Waals surface area contributed by atoms with Gasteiger partial charge in [0.1, 0.15) is 0 Å². The normalized spacial score (nSPS) is 19.1. The molecule has 2 N–H and O–H groups in total. The van der Waals surface area contributed by atoms with Crippen molar-refractivity contribution in [1.29, 1.82) is 0 Å². The SMILES string of the molecule is CC(C)OCc1cccc(NC(=O)C2CCCNC2)c1. The van der Waals surface area contributed by atoms with E-state index in [-0.39, 0.29) is 17.9 Å². The van der Waals surface area contributed by atoms with Gasteiger partial charge < -0.3 is 15.4 Å². The van der Waals surface area contributed by atoms with Gasteiger partial charge in [0, 0.05) is 12.2 Å². The Morgan fingerprint density at radius 2 is 2.35 bits per heavy atom. The Bertz CT molecular complexity index is 440. The minimum atomic E-state index is 0.0827.